The predicted molar refractivity (Wildman–Crippen MR) is 37.0 cm³/mol. The van der Waals surface area contributed by atoms with Crippen molar-refractivity contribution < 1.29 is 9.18 Å². The van der Waals surface area contributed by atoms with Gasteiger partial charge in [-0.05, 0) is 0 Å². The topological polar surface area (TPSA) is 29.1 Å². The third-order valence-electron chi connectivity index (χ3n) is 0.310. The third kappa shape index (κ3) is 8.33. The number of amides is 1. The summed E-state index contributed by atoms with van der Waals surface area (Å²) < 4.78 is 11.6. The molecule has 1 amide bonds. The van der Waals surface area contributed by atoms with Crippen LogP contribution in [0.5, 0.6) is 0 Å². The second-order valence-corrected chi connectivity index (χ2v) is 3.86. The van der Waals surface area contributed by atoms with Gasteiger partial charge in [0.2, 0.25) is 5.91 Å². The van der Waals surface area contributed by atoms with Crippen molar-refractivity contribution in [2.75, 3.05) is 0 Å². The third-order valence-corrected chi connectivity index (χ3v) is 1.39. The van der Waals surface area contributed by atoms with Gasteiger partial charge in [-0.15, -0.1) is 0 Å². The lowest BCUT2D eigenvalue weighted by Gasteiger charge is -2.06. The van der Waals surface area contributed by atoms with E-state index in [0.29, 0.717) is 11.9 Å². The number of carbonyl (C=O) groups excluding carboxylic acids is 1. The molecular formula is C3H4Cl2FNOS. The molecule has 0 saturated carbocycles. The number of hydrogen-bond acceptors (Lipinski definition) is 2. The standard InChI is InChI=1S/C3H4Cl2FNOS/c1-2(8)7-9-3(4,5)6/h1H3,(H,7,8). The van der Waals surface area contributed by atoms with Gasteiger partial charge in [0.1, 0.15) is 0 Å². The minimum absolute atomic E-state index is 0.306. The Morgan fingerprint density at radius 1 is 1.78 bits per heavy atom. The van der Waals surface area contributed by atoms with E-state index < -0.39 is 9.83 Å². The van der Waals surface area contributed by atoms with Crippen LogP contribution in [0.15, 0.2) is 0 Å². The average molecular weight is 192 g/mol. The van der Waals surface area contributed by atoms with Crippen LogP contribution in [0.25, 0.3) is 0 Å². The van der Waals surface area contributed by atoms with Gasteiger partial charge in [-0.1, -0.05) is 23.2 Å². The lowest BCUT2D eigenvalue weighted by molar-refractivity contribution is -0.117. The summed E-state index contributed by atoms with van der Waals surface area (Å²) in [7, 11) is 0. The molecule has 2 nitrogen and oxygen atoms in total. The van der Waals surface area contributed by atoms with Crippen molar-refractivity contribution in [2.45, 2.75) is 10.8 Å². The molecule has 0 spiro atoms. The summed E-state index contributed by atoms with van der Waals surface area (Å²) in [5.41, 5.74) is 0. The van der Waals surface area contributed by atoms with Gasteiger partial charge in [-0.3, -0.25) is 9.52 Å². The first-order valence-corrected chi connectivity index (χ1v) is 3.50. The normalized spacial score (nSPS) is 11.1. The van der Waals surface area contributed by atoms with E-state index in [1.165, 1.54) is 6.92 Å². The minimum atomic E-state index is -2.44. The molecule has 0 aliphatic rings. The molecule has 0 aromatic heterocycles. The Morgan fingerprint density at radius 2 is 2.22 bits per heavy atom. The number of carbonyl (C=O) groups is 1. The molecule has 0 atom stereocenters. The van der Waals surface area contributed by atoms with Crippen LogP contribution in [0.4, 0.5) is 4.39 Å². The minimum Gasteiger partial charge on any atom is -0.296 e. The summed E-state index contributed by atoms with van der Waals surface area (Å²) in [5, 5.41) is 0. The van der Waals surface area contributed by atoms with E-state index >= 15 is 0 Å². The van der Waals surface area contributed by atoms with Crippen LogP contribution < -0.4 is 4.72 Å². The zero-order valence-electron chi connectivity index (χ0n) is 4.45. The van der Waals surface area contributed by atoms with Crippen molar-refractivity contribution >= 4 is 41.1 Å². The SMILES string of the molecule is CC(=O)NSC(F)(Cl)Cl. The van der Waals surface area contributed by atoms with Crippen molar-refractivity contribution in [1.82, 2.24) is 4.72 Å². The number of halogens is 3. The molecule has 1 N–H and O–H groups in total. The van der Waals surface area contributed by atoms with Gasteiger partial charge in [-0.2, -0.15) is 4.39 Å². The number of alkyl halides is 3. The molecule has 54 valence electrons. The summed E-state index contributed by atoms with van der Waals surface area (Å²) in [6.07, 6.45) is 0. The smallest absolute Gasteiger partial charge is 0.296 e. The van der Waals surface area contributed by atoms with Gasteiger partial charge in [0.25, 0.3) is 0 Å². The Kier molecular flexibility index (Phi) is 3.61. The first kappa shape index (κ1) is 9.33. The maximum atomic E-state index is 12.0. The molecule has 0 rings (SSSR count). The van der Waals surface area contributed by atoms with Crippen molar-refractivity contribution in [3.63, 3.8) is 0 Å². The van der Waals surface area contributed by atoms with Crippen LogP contribution >= 0.6 is 35.1 Å². The van der Waals surface area contributed by atoms with E-state index in [4.69, 9.17) is 23.2 Å². The molecule has 0 bridgehead atoms. The van der Waals surface area contributed by atoms with Crippen molar-refractivity contribution in [3.05, 3.63) is 0 Å². The Labute approximate surface area is 66.2 Å². The lowest BCUT2D eigenvalue weighted by atomic mass is 10.8. The molecule has 0 heterocycles. The van der Waals surface area contributed by atoms with Crippen molar-refractivity contribution in [2.24, 2.45) is 0 Å². The number of rotatable bonds is 2. The summed E-state index contributed by atoms with van der Waals surface area (Å²) >= 11 is 9.95. The first-order valence-electron chi connectivity index (χ1n) is 1.93. The fourth-order valence-electron chi connectivity index (χ4n) is 0.130. The van der Waals surface area contributed by atoms with Gasteiger partial charge >= 0.3 is 3.92 Å². The van der Waals surface area contributed by atoms with Crippen LogP contribution in [0, 0.1) is 0 Å². The van der Waals surface area contributed by atoms with Crippen LogP contribution in [0.2, 0.25) is 0 Å². The first-order chi connectivity index (χ1) is 3.92. The van der Waals surface area contributed by atoms with Crippen LogP contribution in [0.3, 0.4) is 0 Å². The summed E-state index contributed by atoms with van der Waals surface area (Å²) in [4.78, 5) is 10.1. The van der Waals surface area contributed by atoms with E-state index in [0.717, 1.165) is 0 Å². The Hall–Kier alpha value is 0.330. The number of hydrogen-bond donors (Lipinski definition) is 1. The maximum absolute atomic E-state index is 12.0. The molecule has 0 aromatic rings. The Balaban J connectivity index is 3.39. The highest BCUT2D eigenvalue weighted by molar-refractivity contribution is 8.01. The van der Waals surface area contributed by atoms with Gasteiger partial charge in [0.05, 0.1) is 0 Å². The van der Waals surface area contributed by atoms with Crippen molar-refractivity contribution in [1.29, 1.82) is 0 Å². The van der Waals surface area contributed by atoms with Crippen molar-refractivity contribution in [3.8, 4) is 0 Å². The monoisotopic (exact) mass is 191 g/mol. The molecule has 0 saturated heterocycles. The fraction of sp³-hybridized carbons (Fsp3) is 0.667. The van der Waals surface area contributed by atoms with E-state index in [1.54, 1.807) is 0 Å². The highest BCUT2D eigenvalue weighted by Crippen LogP contribution is 2.33. The van der Waals surface area contributed by atoms with Gasteiger partial charge in [-0.25, -0.2) is 0 Å². The zero-order chi connectivity index (χ0) is 7.49. The molecule has 0 aliphatic carbocycles. The highest BCUT2D eigenvalue weighted by Gasteiger charge is 2.23. The molecule has 0 aromatic carbocycles. The highest BCUT2D eigenvalue weighted by atomic mass is 35.5. The van der Waals surface area contributed by atoms with E-state index in [2.05, 4.69) is 0 Å². The molecule has 0 aliphatic heterocycles. The second kappa shape index (κ2) is 3.49. The maximum Gasteiger partial charge on any atom is 0.323 e. The van der Waals surface area contributed by atoms with Crippen LogP contribution in [0.1, 0.15) is 6.92 Å². The van der Waals surface area contributed by atoms with Gasteiger partial charge < -0.3 is 0 Å². The quantitative estimate of drug-likeness (QED) is 0.534. The molecule has 0 fully saturated rings. The number of nitrogens with one attached hydrogen (secondary N) is 1. The van der Waals surface area contributed by atoms with Crippen LogP contribution in [-0.2, 0) is 4.79 Å². The van der Waals surface area contributed by atoms with Crippen LogP contribution in [-0.4, -0.2) is 9.83 Å². The molecule has 0 radical (unpaired) electrons. The average Bonchev–Trinajstić information content (AvgIpc) is 1.59. The fourth-order valence-corrected chi connectivity index (χ4v) is 0.621. The molecular weight excluding hydrogens is 188 g/mol. The molecule has 0 unspecified atom stereocenters. The van der Waals surface area contributed by atoms with Gasteiger partial charge in [0.15, 0.2) is 0 Å². The zero-order valence-corrected chi connectivity index (χ0v) is 6.78. The molecule has 6 heteroatoms. The lowest BCUT2D eigenvalue weighted by Crippen LogP contribution is -2.16. The van der Waals surface area contributed by atoms with E-state index in [-0.39, 0.29) is 0 Å². The molecule has 9 heavy (non-hydrogen) atoms. The Bertz CT molecular complexity index is 115. The summed E-state index contributed by atoms with van der Waals surface area (Å²) in [6.45, 7) is 1.23. The van der Waals surface area contributed by atoms with E-state index in [1.807, 2.05) is 4.72 Å². The van der Waals surface area contributed by atoms with Gasteiger partial charge in [0, 0.05) is 18.9 Å². The second-order valence-electron chi connectivity index (χ2n) is 1.21. The van der Waals surface area contributed by atoms with E-state index in [9.17, 15) is 9.18 Å². The Morgan fingerprint density at radius 3 is 2.33 bits per heavy atom. The summed E-state index contributed by atoms with van der Waals surface area (Å²) in [6, 6.07) is 0. The summed E-state index contributed by atoms with van der Waals surface area (Å²) in [5.74, 6) is -0.400. The largest absolute Gasteiger partial charge is 0.323 e. The predicted octanol–water partition coefficient (Wildman–Crippen LogP) is 1.83.